The minimum absolute atomic E-state index is 0.317. The average Bonchev–Trinajstić information content (AvgIpc) is 2.76. The molecule has 2 aliphatic heterocycles. The molecule has 0 aromatic carbocycles. The fraction of sp³-hybridized carbons (Fsp3) is 1.00. The van der Waals surface area contributed by atoms with Crippen LogP contribution in [0.4, 0.5) is 0 Å². The fourth-order valence-corrected chi connectivity index (χ4v) is 2.64. The number of hydrogen-bond donors (Lipinski definition) is 1. The Morgan fingerprint density at radius 1 is 1.47 bits per heavy atom. The summed E-state index contributed by atoms with van der Waals surface area (Å²) in [6, 6.07) is 0.700. The van der Waals surface area contributed by atoms with Gasteiger partial charge in [-0.1, -0.05) is 0 Å². The van der Waals surface area contributed by atoms with Gasteiger partial charge in [0.05, 0.1) is 6.10 Å². The second kappa shape index (κ2) is 4.81. The van der Waals surface area contributed by atoms with Crippen molar-refractivity contribution in [3.63, 3.8) is 0 Å². The van der Waals surface area contributed by atoms with Gasteiger partial charge in [0.25, 0.3) is 0 Å². The van der Waals surface area contributed by atoms with Crippen molar-refractivity contribution in [1.29, 1.82) is 0 Å². The second-order valence-electron chi connectivity index (χ2n) is 5.32. The van der Waals surface area contributed by atoms with E-state index < -0.39 is 0 Å². The first-order chi connectivity index (χ1) is 7.15. The van der Waals surface area contributed by atoms with E-state index in [4.69, 9.17) is 4.74 Å². The summed E-state index contributed by atoms with van der Waals surface area (Å²) >= 11 is 0. The van der Waals surface area contributed by atoms with Crippen molar-refractivity contribution in [2.24, 2.45) is 5.92 Å². The van der Waals surface area contributed by atoms with E-state index in [0.717, 1.165) is 12.5 Å². The van der Waals surface area contributed by atoms with E-state index in [-0.39, 0.29) is 0 Å². The monoisotopic (exact) mass is 212 g/mol. The number of hydrogen-bond acceptors (Lipinski definition) is 3. The first kappa shape index (κ1) is 11.4. The molecule has 15 heavy (non-hydrogen) atoms. The van der Waals surface area contributed by atoms with Crippen molar-refractivity contribution in [1.82, 2.24) is 10.2 Å². The zero-order valence-corrected chi connectivity index (χ0v) is 10.2. The molecule has 0 spiro atoms. The Morgan fingerprint density at radius 3 is 2.80 bits per heavy atom. The number of ether oxygens (including phenoxy) is 1. The largest absolute Gasteiger partial charge is 0.359 e. The molecule has 0 aliphatic carbocycles. The molecule has 3 atom stereocenters. The smallest absolute Gasteiger partial charge is 0.108 e. The van der Waals surface area contributed by atoms with Gasteiger partial charge >= 0.3 is 0 Å². The molecule has 0 amide bonds. The minimum Gasteiger partial charge on any atom is -0.359 e. The highest BCUT2D eigenvalue weighted by molar-refractivity contribution is 4.81. The first-order valence-electron chi connectivity index (χ1n) is 6.28. The van der Waals surface area contributed by atoms with Crippen molar-refractivity contribution in [3.8, 4) is 0 Å². The number of likely N-dealkylation sites (tertiary alicyclic amines) is 1. The van der Waals surface area contributed by atoms with Gasteiger partial charge in [0, 0.05) is 19.1 Å². The van der Waals surface area contributed by atoms with Crippen LogP contribution in [0.15, 0.2) is 0 Å². The van der Waals surface area contributed by atoms with Crippen LogP contribution in [0.3, 0.4) is 0 Å². The Morgan fingerprint density at radius 2 is 2.27 bits per heavy atom. The third-order valence-electron chi connectivity index (χ3n) is 3.62. The van der Waals surface area contributed by atoms with Crippen molar-refractivity contribution in [2.45, 2.75) is 52.0 Å². The molecule has 2 rings (SSSR count). The summed E-state index contributed by atoms with van der Waals surface area (Å²) in [5.74, 6) is 0.829. The normalized spacial score (nSPS) is 38.0. The Bertz CT molecular complexity index is 208. The van der Waals surface area contributed by atoms with Crippen LogP contribution in [-0.2, 0) is 4.74 Å². The van der Waals surface area contributed by atoms with Crippen LogP contribution >= 0.6 is 0 Å². The molecular weight excluding hydrogens is 188 g/mol. The summed E-state index contributed by atoms with van der Waals surface area (Å²) in [5, 5.41) is 3.44. The minimum atomic E-state index is 0.317. The molecule has 3 heteroatoms. The number of nitrogens with one attached hydrogen (secondary N) is 1. The lowest BCUT2D eigenvalue weighted by Crippen LogP contribution is -2.30. The van der Waals surface area contributed by atoms with Crippen LogP contribution in [0.25, 0.3) is 0 Å². The number of rotatable bonds is 3. The number of nitrogens with zero attached hydrogens (tertiary/aromatic N) is 1. The molecule has 1 N–H and O–H groups in total. The standard InChI is InChI=1S/C12H24N2O/c1-9(2)14-5-4-11(8-14)6-12-13-7-10(3)15-12/h9-13H,4-8H2,1-3H3. The van der Waals surface area contributed by atoms with Gasteiger partial charge in [0.1, 0.15) is 6.23 Å². The van der Waals surface area contributed by atoms with E-state index in [1.807, 2.05) is 0 Å². The van der Waals surface area contributed by atoms with E-state index in [0.29, 0.717) is 18.4 Å². The lowest BCUT2D eigenvalue weighted by molar-refractivity contribution is 0.0360. The van der Waals surface area contributed by atoms with Crippen LogP contribution in [0.2, 0.25) is 0 Å². The van der Waals surface area contributed by atoms with E-state index in [1.54, 1.807) is 0 Å². The van der Waals surface area contributed by atoms with Crippen LogP contribution < -0.4 is 5.32 Å². The second-order valence-corrected chi connectivity index (χ2v) is 5.32. The molecule has 3 unspecified atom stereocenters. The highest BCUT2D eigenvalue weighted by atomic mass is 16.5. The summed E-state index contributed by atoms with van der Waals surface area (Å²) in [4.78, 5) is 2.57. The maximum absolute atomic E-state index is 5.79. The molecular formula is C12H24N2O. The third-order valence-corrected chi connectivity index (χ3v) is 3.62. The van der Waals surface area contributed by atoms with Gasteiger partial charge in [0.2, 0.25) is 0 Å². The van der Waals surface area contributed by atoms with Crippen LogP contribution in [-0.4, -0.2) is 42.9 Å². The maximum Gasteiger partial charge on any atom is 0.108 e. The predicted octanol–water partition coefficient (Wildman–Crippen LogP) is 1.44. The zero-order chi connectivity index (χ0) is 10.8. The quantitative estimate of drug-likeness (QED) is 0.766. The molecule has 0 aromatic rings. The van der Waals surface area contributed by atoms with E-state index in [1.165, 1.54) is 25.9 Å². The van der Waals surface area contributed by atoms with Crippen molar-refractivity contribution >= 4 is 0 Å². The van der Waals surface area contributed by atoms with Crippen LogP contribution in [0.1, 0.15) is 33.6 Å². The fourth-order valence-electron chi connectivity index (χ4n) is 2.64. The Hall–Kier alpha value is -0.120. The van der Waals surface area contributed by atoms with Gasteiger partial charge < -0.3 is 9.64 Å². The Labute approximate surface area is 93.2 Å². The van der Waals surface area contributed by atoms with Gasteiger partial charge in [0.15, 0.2) is 0 Å². The van der Waals surface area contributed by atoms with Gasteiger partial charge in [-0.3, -0.25) is 5.32 Å². The highest BCUT2D eigenvalue weighted by Crippen LogP contribution is 2.24. The maximum atomic E-state index is 5.79. The molecule has 2 saturated heterocycles. The molecule has 0 radical (unpaired) electrons. The van der Waals surface area contributed by atoms with Crippen LogP contribution in [0.5, 0.6) is 0 Å². The van der Waals surface area contributed by atoms with Crippen molar-refractivity contribution in [3.05, 3.63) is 0 Å². The topological polar surface area (TPSA) is 24.5 Å². The van der Waals surface area contributed by atoms with E-state index in [9.17, 15) is 0 Å². The third kappa shape index (κ3) is 2.92. The lowest BCUT2D eigenvalue weighted by Gasteiger charge is -2.21. The SMILES string of the molecule is CC1CNC(CC2CCN(C(C)C)C2)O1. The van der Waals surface area contributed by atoms with E-state index >= 15 is 0 Å². The Kier molecular flexibility index (Phi) is 3.65. The summed E-state index contributed by atoms with van der Waals surface area (Å²) in [6.07, 6.45) is 3.25. The molecule has 0 aromatic heterocycles. The summed E-state index contributed by atoms with van der Waals surface area (Å²) < 4.78 is 5.79. The summed E-state index contributed by atoms with van der Waals surface area (Å²) in [5.41, 5.74) is 0. The Balaban J connectivity index is 1.73. The molecule has 2 heterocycles. The van der Waals surface area contributed by atoms with Crippen molar-refractivity contribution in [2.75, 3.05) is 19.6 Å². The molecule has 3 nitrogen and oxygen atoms in total. The highest BCUT2D eigenvalue weighted by Gasteiger charge is 2.29. The predicted molar refractivity (Wildman–Crippen MR) is 61.8 cm³/mol. The van der Waals surface area contributed by atoms with Gasteiger partial charge in [-0.15, -0.1) is 0 Å². The summed E-state index contributed by atoms with van der Waals surface area (Å²) in [6.45, 7) is 10.3. The molecule has 2 fully saturated rings. The van der Waals surface area contributed by atoms with E-state index in [2.05, 4.69) is 31.0 Å². The molecule has 88 valence electrons. The van der Waals surface area contributed by atoms with Gasteiger partial charge in [-0.05, 0) is 46.1 Å². The van der Waals surface area contributed by atoms with Crippen LogP contribution in [0, 0.1) is 5.92 Å². The average molecular weight is 212 g/mol. The first-order valence-corrected chi connectivity index (χ1v) is 6.28. The molecule has 0 bridgehead atoms. The summed E-state index contributed by atoms with van der Waals surface area (Å²) in [7, 11) is 0. The van der Waals surface area contributed by atoms with Crippen molar-refractivity contribution < 1.29 is 4.74 Å². The molecule has 0 saturated carbocycles. The van der Waals surface area contributed by atoms with Gasteiger partial charge in [-0.2, -0.15) is 0 Å². The lowest BCUT2D eigenvalue weighted by atomic mass is 10.0. The zero-order valence-electron chi connectivity index (χ0n) is 10.2. The van der Waals surface area contributed by atoms with Gasteiger partial charge in [-0.25, -0.2) is 0 Å². The molecule has 2 aliphatic rings.